The molecule has 1 saturated heterocycles. The van der Waals surface area contributed by atoms with Gasteiger partial charge in [0.25, 0.3) is 11.8 Å². The van der Waals surface area contributed by atoms with Gasteiger partial charge in [-0.15, -0.1) is 23.8 Å². The van der Waals surface area contributed by atoms with E-state index in [0.29, 0.717) is 36.9 Å². The number of nitrogens with one attached hydrogen (secondary N) is 1. The average molecular weight is 820 g/mol. The van der Waals surface area contributed by atoms with Gasteiger partial charge in [0, 0.05) is 53.7 Å². The molecule has 1 fully saturated rings. The summed E-state index contributed by atoms with van der Waals surface area (Å²) >= 11 is 0. The van der Waals surface area contributed by atoms with Crippen LogP contribution in [-0.2, 0) is 50.8 Å². The molecule has 290 valence electrons. The Morgan fingerprint density at radius 1 is 0.982 bits per heavy atom. The van der Waals surface area contributed by atoms with E-state index in [1.807, 2.05) is 50.3 Å². The van der Waals surface area contributed by atoms with Crippen LogP contribution in [0.1, 0.15) is 84.3 Å². The number of imide groups is 1. The maximum absolute atomic E-state index is 12.2. The van der Waals surface area contributed by atoms with Gasteiger partial charge in [-0.3, -0.25) is 9.59 Å². The first-order valence-corrected chi connectivity index (χ1v) is 20.1. The number of nitrogens with zero attached hydrogens (tertiary/aromatic N) is 2. The number of hydrogen-bond acceptors (Lipinski definition) is 11. The Morgan fingerprint density at radius 3 is 2.25 bits per heavy atom. The van der Waals surface area contributed by atoms with Crippen molar-refractivity contribution in [2.45, 2.75) is 94.9 Å². The van der Waals surface area contributed by atoms with E-state index >= 15 is 0 Å². The van der Waals surface area contributed by atoms with Crippen molar-refractivity contribution in [3.63, 3.8) is 0 Å². The fraction of sp³-hybridized carbons (Fsp3) is 0.410. The van der Waals surface area contributed by atoms with Crippen LogP contribution in [0.4, 0.5) is 11.4 Å². The predicted molar refractivity (Wildman–Crippen MR) is 199 cm³/mol. The molecule has 2 aromatic carbocycles. The summed E-state index contributed by atoms with van der Waals surface area (Å²) in [5.41, 5.74) is 4.59. The Labute approximate surface area is 367 Å². The number of allylic oxidation sites excluding steroid dienone is 7. The van der Waals surface area contributed by atoms with Crippen LogP contribution < -0.4 is 61.2 Å². The van der Waals surface area contributed by atoms with Crippen molar-refractivity contribution in [3.8, 4) is 0 Å². The van der Waals surface area contributed by atoms with E-state index in [1.54, 1.807) is 6.07 Å². The third kappa shape index (κ3) is 11.3. The van der Waals surface area contributed by atoms with Crippen LogP contribution in [0, 0.1) is 6.07 Å². The molecular formula is C39H46KN3O10S2. The number of carbonyl (C=O) groups excluding carboxylic acids is 3. The Hall–Kier alpha value is -3.06. The second kappa shape index (κ2) is 19.9. The van der Waals surface area contributed by atoms with E-state index in [9.17, 15) is 27.4 Å². The zero-order chi connectivity index (χ0) is 39.8. The fourth-order valence-electron chi connectivity index (χ4n) is 7.37. The standard InChI is InChI=1S/C39H46N3O7S.K.O3S/c1-6-40-31-18-15-14-17-29(31)38(2,3)33(40)19-11-8-7-9-12-20-34-39(4,5)30-27-28(50(46,47)48)22-23-32(30)41(34)26-16-10-13-21-37(45)49-42-35(43)24-25-36(42)44;;1-4(2)3/h7-9,11-12,15,17-20,22-23,27,33H,6,10,13,16,21,24-26H2,1-5H3,(H,46,47,48);;/q-1;+1;/b8-7+,12-9+,19-11+,34-20+;;. The summed E-state index contributed by atoms with van der Waals surface area (Å²) in [6, 6.07) is 14.3. The molecule has 16 heteroatoms. The first-order valence-electron chi connectivity index (χ1n) is 17.7. The minimum Gasteiger partial charge on any atom is -0.744 e. The number of unbranched alkanes of at least 4 members (excludes halogenated alkanes) is 2. The molecule has 2 unspecified atom stereocenters. The van der Waals surface area contributed by atoms with Crippen LogP contribution in [0.5, 0.6) is 0 Å². The van der Waals surface area contributed by atoms with Crippen molar-refractivity contribution in [2.75, 3.05) is 18.0 Å². The van der Waals surface area contributed by atoms with Gasteiger partial charge < -0.3 is 19.2 Å². The van der Waals surface area contributed by atoms with Crippen LogP contribution in [0.15, 0.2) is 89.5 Å². The number of benzene rings is 2. The van der Waals surface area contributed by atoms with Crippen molar-refractivity contribution in [1.29, 1.82) is 0 Å². The van der Waals surface area contributed by atoms with E-state index in [-0.39, 0.29) is 81.0 Å². The van der Waals surface area contributed by atoms with Gasteiger partial charge in [0.2, 0.25) is 0 Å². The Morgan fingerprint density at radius 2 is 1.62 bits per heavy atom. The van der Waals surface area contributed by atoms with Gasteiger partial charge in [-0.05, 0) is 55.7 Å². The van der Waals surface area contributed by atoms with Gasteiger partial charge in [0.15, 0.2) is 0 Å². The minimum atomic E-state index is -4.63. The second-order valence-electron chi connectivity index (χ2n) is 14.2. The number of quaternary nitrogens is 1. The van der Waals surface area contributed by atoms with E-state index in [2.05, 4.69) is 56.0 Å². The number of hydrogen-bond donors (Lipinski definition) is 1. The van der Waals surface area contributed by atoms with Gasteiger partial charge in [0.05, 0.1) is 11.4 Å². The molecule has 2 aromatic rings. The van der Waals surface area contributed by atoms with Crippen molar-refractivity contribution >= 4 is 49.9 Å². The monoisotopic (exact) mass is 819 g/mol. The molecule has 2 atom stereocenters. The van der Waals surface area contributed by atoms with E-state index < -0.39 is 43.9 Å². The van der Waals surface area contributed by atoms with Crippen LogP contribution in [0.3, 0.4) is 0 Å². The Balaban J connectivity index is 0.00000155. The fourth-order valence-corrected chi connectivity index (χ4v) is 7.86. The molecular weight excluding hydrogens is 774 g/mol. The van der Waals surface area contributed by atoms with Crippen molar-refractivity contribution in [3.05, 3.63) is 102 Å². The van der Waals surface area contributed by atoms with Crippen LogP contribution in [0.2, 0.25) is 0 Å². The molecule has 1 N–H and O–H groups in total. The molecule has 0 saturated carbocycles. The SMILES string of the molecule is CC[NH+]1c2cc[c-]cc2C(C)(C)C1/C=C/C=C/C=C/C=C1/N(CCCCCC(=O)ON2C(=O)CCC2=O)c2ccc(S(=O)(=O)[O-])cc2C1(C)C.O=S(=O)=O.[K+]. The van der Waals surface area contributed by atoms with Crippen molar-refractivity contribution in [2.24, 2.45) is 0 Å². The Kier molecular flexibility index (Phi) is 16.7. The molecule has 0 aromatic heterocycles. The summed E-state index contributed by atoms with van der Waals surface area (Å²) in [6.45, 7) is 12.4. The third-order valence-corrected chi connectivity index (χ3v) is 10.9. The summed E-state index contributed by atoms with van der Waals surface area (Å²) < 4.78 is 60.9. The topological polar surface area (TPSA) is 180 Å². The maximum atomic E-state index is 12.2. The summed E-state index contributed by atoms with van der Waals surface area (Å²) in [6.07, 6.45) is 16.3. The van der Waals surface area contributed by atoms with Gasteiger partial charge in [-0.25, -0.2) is 13.2 Å². The van der Waals surface area contributed by atoms with Gasteiger partial charge in [0.1, 0.15) is 16.2 Å². The zero-order valence-electron chi connectivity index (χ0n) is 32.0. The quantitative estimate of drug-likeness (QED) is 0.0765. The predicted octanol–water partition coefficient (Wildman–Crippen LogP) is 1.10. The second-order valence-corrected chi connectivity index (χ2v) is 16.0. The number of rotatable bonds is 13. The third-order valence-electron chi connectivity index (χ3n) is 10.1. The molecule has 3 aliphatic rings. The summed E-state index contributed by atoms with van der Waals surface area (Å²) in [4.78, 5) is 43.9. The molecule has 0 aliphatic carbocycles. The average Bonchev–Trinajstić information content (AvgIpc) is 3.61. The van der Waals surface area contributed by atoms with Crippen LogP contribution in [-0.4, -0.2) is 67.6 Å². The maximum Gasteiger partial charge on any atom is 1.00 e. The van der Waals surface area contributed by atoms with Gasteiger partial charge >= 0.3 is 68.0 Å². The number of carbonyl (C=O) groups is 3. The molecule has 13 nitrogen and oxygen atoms in total. The largest absolute Gasteiger partial charge is 1.00 e. The molecule has 55 heavy (non-hydrogen) atoms. The van der Waals surface area contributed by atoms with Crippen molar-refractivity contribution < 1.29 is 101 Å². The number of hydroxylamine groups is 2. The smallest absolute Gasteiger partial charge is 0.744 e. The number of fused-ring (bicyclic) bond motifs is 2. The Bertz CT molecular complexity index is 2090. The molecule has 0 bridgehead atoms. The number of anilines is 1. The van der Waals surface area contributed by atoms with Crippen LogP contribution in [0.25, 0.3) is 0 Å². The van der Waals surface area contributed by atoms with Crippen molar-refractivity contribution in [1.82, 2.24) is 5.06 Å². The van der Waals surface area contributed by atoms with Gasteiger partial charge in [-0.2, -0.15) is 18.2 Å². The summed E-state index contributed by atoms with van der Waals surface area (Å²) in [7, 11) is -7.74. The first kappa shape index (κ1) is 46.3. The van der Waals surface area contributed by atoms with E-state index in [4.69, 9.17) is 17.5 Å². The molecule has 0 spiro atoms. The van der Waals surface area contributed by atoms with E-state index in [1.165, 1.54) is 28.3 Å². The molecule has 5 rings (SSSR count). The van der Waals surface area contributed by atoms with Gasteiger partial charge in [-0.1, -0.05) is 70.1 Å². The zero-order valence-corrected chi connectivity index (χ0v) is 36.8. The molecule has 0 radical (unpaired) electrons. The summed E-state index contributed by atoms with van der Waals surface area (Å²) in [5, 5.41) is 0.563. The summed E-state index contributed by atoms with van der Waals surface area (Å²) in [5.74, 6) is -1.63. The number of likely N-dealkylation sites (N-methyl/N-ethyl adjacent to an activating group) is 1. The molecule has 2 amide bonds. The normalized spacial score (nSPS) is 20.5. The first-order chi connectivity index (χ1) is 25.4. The molecule has 3 heterocycles. The minimum absolute atomic E-state index is 0. The number of amides is 2. The van der Waals surface area contributed by atoms with E-state index in [0.717, 1.165) is 23.5 Å². The molecule has 3 aliphatic heterocycles. The van der Waals surface area contributed by atoms with Crippen LogP contribution >= 0.6 is 0 Å².